The summed E-state index contributed by atoms with van der Waals surface area (Å²) in [6.45, 7) is 10.1. The van der Waals surface area contributed by atoms with E-state index in [-0.39, 0.29) is 5.57 Å². The minimum absolute atomic E-state index is 0.0801. The van der Waals surface area contributed by atoms with Gasteiger partial charge in [0.15, 0.2) is 0 Å². The second-order valence-electron chi connectivity index (χ2n) is 7.62. The molecular formula is C26H27N3O. The number of carbonyl (C=O) groups is 1. The number of nitriles is 1. The molecule has 0 aliphatic rings. The zero-order valence-corrected chi connectivity index (χ0v) is 18.2. The fraction of sp³-hybridized carbons (Fsp3) is 0.231. The highest BCUT2D eigenvalue weighted by molar-refractivity contribution is 6.10. The molecular weight excluding hydrogens is 370 g/mol. The number of anilines is 1. The average Bonchev–Trinajstić information content (AvgIpc) is 3.01. The van der Waals surface area contributed by atoms with Gasteiger partial charge in [-0.15, -0.1) is 0 Å². The maximum absolute atomic E-state index is 12.7. The molecule has 1 aromatic heterocycles. The lowest BCUT2D eigenvalue weighted by atomic mass is 10.1. The van der Waals surface area contributed by atoms with Gasteiger partial charge in [-0.3, -0.25) is 4.79 Å². The summed E-state index contributed by atoms with van der Waals surface area (Å²) >= 11 is 0. The summed E-state index contributed by atoms with van der Waals surface area (Å²) in [6, 6.07) is 18.3. The number of nitrogens with zero attached hydrogens (tertiary/aromatic N) is 2. The Morgan fingerprint density at radius 3 is 2.37 bits per heavy atom. The number of nitrogens with one attached hydrogen (secondary N) is 1. The molecule has 0 fully saturated rings. The number of aromatic nitrogens is 1. The zero-order valence-electron chi connectivity index (χ0n) is 18.2. The van der Waals surface area contributed by atoms with Crippen LogP contribution in [0.15, 0.2) is 54.1 Å². The van der Waals surface area contributed by atoms with E-state index < -0.39 is 5.91 Å². The van der Waals surface area contributed by atoms with Gasteiger partial charge in [0.25, 0.3) is 5.91 Å². The summed E-state index contributed by atoms with van der Waals surface area (Å²) in [6.07, 6.45) is 2.66. The predicted molar refractivity (Wildman–Crippen MR) is 123 cm³/mol. The van der Waals surface area contributed by atoms with Crippen molar-refractivity contribution < 1.29 is 4.79 Å². The van der Waals surface area contributed by atoms with E-state index in [0.29, 0.717) is 5.69 Å². The monoisotopic (exact) mass is 397 g/mol. The van der Waals surface area contributed by atoms with E-state index in [4.69, 9.17) is 0 Å². The third-order valence-corrected chi connectivity index (χ3v) is 5.37. The largest absolute Gasteiger partial charge is 0.321 e. The van der Waals surface area contributed by atoms with Gasteiger partial charge in [-0.2, -0.15) is 5.26 Å². The Morgan fingerprint density at radius 1 is 1.07 bits per heavy atom. The summed E-state index contributed by atoms with van der Waals surface area (Å²) in [5.74, 6) is -0.401. The number of rotatable bonds is 5. The lowest BCUT2D eigenvalue weighted by Gasteiger charge is -2.10. The van der Waals surface area contributed by atoms with Crippen LogP contribution in [0.2, 0.25) is 0 Å². The maximum Gasteiger partial charge on any atom is 0.266 e. The average molecular weight is 398 g/mol. The molecule has 1 heterocycles. The van der Waals surface area contributed by atoms with Gasteiger partial charge in [-0.1, -0.05) is 36.8 Å². The van der Waals surface area contributed by atoms with Crippen LogP contribution in [-0.4, -0.2) is 10.5 Å². The van der Waals surface area contributed by atoms with Gasteiger partial charge in [-0.05, 0) is 81.1 Å². The summed E-state index contributed by atoms with van der Waals surface area (Å²) in [5.41, 5.74) is 8.15. The number of aryl methyl sites for hydroxylation is 4. The molecule has 4 nitrogen and oxygen atoms in total. The zero-order chi connectivity index (χ0) is 21.8. The molecule has 4 heteroatoms. The van der Waals surface area contributed by atoms with Crippen LogP contribution in [0.1, 0.15) is 40.6 Å². The van der Waals surface area contributed by atoms with Crippen LogP contribution >= 0.6 is 0 Å². The minimum atomic E-state index is -0.401. The first kappa shape index (κ1) is 21.1. The highest BCUT2D eigenvalue weighted by Gasteiger charge is 2.14. The van der Waals surface area contributed by atoms with Crippen molar-refractivity contribution in [2.45, 2.75) is 41.0 Å². The molecule has 0 spiro atoms. The molecule has 0 aliphatic heterocycles. The van der Waals surface area contributed by atoms with Crippen LogP contribution in [0.5, 0.6) is 0 Å². The lowest BCUT2D eigenvalue weighted by molar-refractivity contribution is -0.112. The van der Waals surface area contributed by atoms with E-state index in [1.54, 1.807) is 6.08 Å². The highest BCUT2D eigenvalue weighted by atomic mass is 16.1. The van der Waals surface area contributed by atoms with Gasteiger partial charge in [0.2, 0.25) is 0 Å². The molecule has 0 aliphatic carbocycles. The summed E-state index contributed by atoms with van der Waals surface area (Å²) in [5, 5.41) is 12.5. The van der Waals surface area contributed by atoms with E-state index in [1.807, 2.05) is 52.0 Å². The number of carbonyl (C=O) groups excluding carboxylic acids is 1. The van der Waals surface area contributed by atoms with Crippen molar-refractivity contribution >= 4 is 17.7 Å². The first-order valence-corrected chi connectivity index (χ1v) is 10.1. The summed E-state index contributed by atoms with van der Waals surface area (Å²) < 4.78 is 2.14. The Bertz CT molecular complexity index is 1160. The van der Waals surface area contributed by atoms with Crippen molar-refractivity contribution in [2.24, 2.45) is 0 Å². The van der Waals surface area contributed by atoms with E-state index in [1.165, 1.54) is 5.56 Å². The van der Waals surface area contributed by atoms with Crippen molar-refractivity contribution in [1.29, 1.82) is 5.26 Å². The fourth-order valence-corrected chi connectivity index (χ4v) is 3.66. The fourth-order valence-electron chi connectivity index (χ4n) is 3.66. The molecule has 0 saturated heterocycles. The smallest absolute Gasteiger partial charge is 0.266 e. The first-order valence-electron chi connectivity index (χ1n) is 10.1. The van der Waals surface area contributed by atoms with E-state index in [2.05, 4.69) is 47.1 Å². The molecule has 0 saturated carbocycles. The van der Waals surface area contributed by atoms with Crippen LogP contribution < -0.4 is 5.32 Å². The second kappa shape index (κ2) is 8.84. The Hall–Kier alpha value is -3.58. The molecule has 0 atom stereocenters. The van der Waals surface area contributed by atoms with Gasteiger partial charge in [-0.25, -0.2) is 0 Å². The molecule has 1 amide bonds. The normalized spacial score (nSPS) is 11.3. The molecule has 0 unspecified atom stereocenters. The van der Waals surface area contributed by atoms with Crippen LogP contribution in [-0.2, 0) is 11.2 Å². The van der Waals surface area contributed by atoms with E-state index >= 15 is 0 Å². The highest BCUT2D eigenvalue weighted by Crippen LogP contribution is 2.24. The summed E-state index contributed by atoms with van der Waals surface area (Å²) in [7, 11) is 0. The van der Waals surface area contributed by atoms with E-state index in [0.717, 1.165) is 40.2 Å². The molecule has 2 aromatic carbocycles. The molecule has 0 bridgehead atoms. The standard InChI is InChI=1S/C26H27N3O/c1-6-21-8-10-24(11-9-21)29-19(4)14-22(20(29)5)15-23(16-27)26(30)28-25-12-7-17(2)13-18(25)3/h7-15H,6H2,1-5H3,(H,28,30)/b23-15-. The van der Waals surface area contributed by atoms with Crippen LogP contribution in [0.3, 0.4) is 0 Å². The van der Waals surface area contributed by atoms with Gasteiger partial charge in [0.1, 0.15) is 11.6 Å². The first-order chi connectivity index (χ1) is 14.3. The minimum Gasteiger partial charge on any atom is -0.321 e. The molecule has 152 valence electrons. The predicted octanol–water partition coefficient (Wildman–Crippen LogP) is 5.82. The van der Waals surface area contributed by atoms with Gasteiger partial charge in [0.05, 0.1) is 0 Å². The summed E-state index contributed by atoms with van der Waals surface area (Å²) in [4.78, 5) is 12.7. The third-order valence-electron chi connectivity index (χ3n) is 5.37. The van der Waals surface area contributed by atoms with Gasteiger partial charge in [0, 0.05) is 22.8 Å². The third kappa shape index (κ3) is 4.36. The van der Waals surface area contributed by atoms with Gasteiger partial charge < -0.3 is 9.88 Å². The van der Waals surface area contributed by atoms with Gasteiger partial charge >= 0.3 is 0 Å². The molecule has 3 rings (SSSR count). The van der Waals surface area contributed by atoms with Crippen molar-refractivity contribution in [3.8, 4) is 11.8 Å². The second-order valence-corrected chi connectivity index (χ2v) is 7.62. The topological polar surface area (TPSA) is 57.8 Å². The van der Waals surface area contributed by atoms with Crippen molar-refractivity contribution in [3.05, 3.63) is 87.7 Å². The number of benzene rings is 2. The van der Waals surface area contributed by atoms with Crippen molar-refractivity contribution in [2.75, 3.05) is 5.32 Å². The van der Waals surface area contributed by atoms with E-state index in [9.17, 15) is 10.1 Å². The Balaban J connectivity index is 1.92. The molecule has 0 radical (unpaired) electrons. The molecule has 3 aromatic rings. The Morgan fingerprint density at radius 2 is 1.77 bits per heavy atom. The lowest BCUT2D eigenvalue weighted by Crippen LogP contribution is -2.14. The van der Waals surface area contributed by atoms with Crippen LogP contribution in [0, 0.1) is 39.0 Å². The molecule has 30 heavy (non-hydrogen) atoms. The Kier molecular flexibility index (Phi) is 6.23. The maximum atomic E-state index is 12.7. The van der Waals surface area contributed by atoms with Crippen LogP contribution in [0.25, 0.3) is 11.8 Å². The SMILES string of the molecule is CCc1ccc(-n2c(C)cc(/C=C(/C#N)C(=O)Nc3ccc(C)cc3C)c2C)cc1. The van der Waals surface area contributed by atoms with Crippen molar-refractivity contribution in [3.63, 3.8) is 0 Å². The quantitative estimate of drug-likeness (QED) is 0.436. The number of hydrogen-bond acceptors (Lipinski definition) is 2. The number of amides is 1. The molecule has 1 N–H and O–H groups in total. The van der Waals surface area contributed by atoms with Crippen molar-refractivity contribution in [1.82, 2.24) is 4.57 Å². The Labute approximate surface area is 178 Å². The van der Waals surface area contributed by atoms with Crippen LogP contribution in [0.4, 0.5) is 5.69 Å². The number of hydrogen-bond donors (Lipinski definition) is 1.